The lowest BCUT2D eigenvalue weighted by atomic mass is 10.2. The number of ether oxygens (including phenoxy) is 1. The van der Waals surface area contributed by atoms with Crippen molar-refractivity contribution in [3.8, 4) is 6.07 Å². The van der Waals surface area contributed by atoms with Gasteiger partial charge < -0.3 is 4.74 Å². The van der Waals surface area contributed by atoms with Crippen LogP contribution >= 0.6 is 0 Å². The second kappa shape index (κ2) is 8.81. The summed E-state index contributed by atoms with van der Waals surface area (Å²) in [7, 11) is -4.13. The highest BCUT2D eigenvalue weighted by Crippen LogP contribution is 2.31. The van der Waals surface area contributed by atoms with Gasteiger partial charge in [0, 0.05) is 39.1 Å². The van der Waals surface area contributed by atoms with E-state index in [1.165, 1.54) is 0 Å². The Labute approximate surface area is 150 Å². The van der Waals surface area contributed by atoms with Crippen molar-refractivity contribution in [2.45, 2.75) is 17.5 Å². The molecule has 144 valence electrons. The third-order valence-corrected chi connectivity index (χ3v) is 5.94. The number of benzene rings is 1. The largest absolute Gasteiger partial charge is 0.416 e. The van der Waals surface area contributed by atoms with Gasteiger partial charge in [0.1, 0.15) is 0 Å². The molecule has 1 heterocycles. The van der Waals surface area contributed by atoms with Crippen molar-refractivity contribution in [1.29, 1.82) is 5.26 Å². The highest BCUT2D eigenvalue weighted by molar-refractivity contribution is 7.89. The maximum atomic E-state index is 12.9. The molecule has 6 nitrogen and oxygen atoms in total. The standard InChI is InChI=1S/C16H20F3N3O3S/c17-16(18,19)14-3-1-4-15(13-14)26(23,24)22(6-2-5-20)8-7-21-9-11-25-12-10-21/h1,3-4,13H,2,6-12H2. The topological polar surface area (TPSA) is 73.6 Å². The maximum Gasteiger partial charge on any atom is 0.416 e. The number of hydrogen-bond donors (Lipinski definition) is 0. The van der Waals surface area contributed by atoms with Crippen LogP contribution < -0.4 is 0 Å². The second-order valence-corrected chi connectivity index (χ2v) is 7.73. The summed E-state index contributed by atoms with van der Waals surface area (Å²) in [6, 6.07) is 5.54. The molecule has 0 aliphatic carbocycles. The van der Waals surface area contributed by atoms with Gasteiger partial charge in [-0.3, -0.25) is 4.90 Å². The van der Waals surface area contributed by atoms with E-state index >= 15 is 0 Å². The molecule has 0 atom stereocenters. The number of hydrogen-bond acceptors (Lipinski definition) is 5. The second-order valence-electron chi connectivity index (χ2n) is 5.79. The molecule has 0 radical (unpaired) electrons. The fourth-order valence-electron chi connectivity index (χ4n) is 2.59. The van der Waals surface area contributed by atoms with E-state index in [0.29, 0.717) is 38.9 Å². The maximum absolute atomic E-state index is 12.9. The van der Waals surface area contributed by atoms with Crippen LogP contribution in [0.15, 0.2) is 29.2 Å². The van der Waals surface area contributed by atoms with E-state index in [9.17, 15) is 21.6 Å². The summed E-state index contributed by atoms with van der Waals surface area (Å²) in [5.74, 6) is 0. The third kappa shape index (κ3) is 5.41. The van der Waals surface area contributed by atoms with E-state index < -0.39 is 26.7 Å². The molecule has 26 heavy (non-hydrogen) atoms. The SMILES string of the molecule is N#CCCN(CCN1CCOCC1)S(=O)(=O)c1cccc(C(F)(F)F)c1. The van der Waals surface area contributed by atoms with Crippen molar-refractivity contribution < 1.29 is 26.3 Å². The first kappa shape index (κ1) is 20.6. The number of alkyl halides is 3. The van der Waals surface area contributed by atoms with E-state index in [2.05, 4.69) is 0 Å². The van der Waals surface area contributed by atoms with Crippen LogP contribution in [0.2, 0.25) is 0 Å². The third-order valence-electron chi connectivity index (χ3n) is 4.04. The molecule has 0 N–H and O–H groups in total. The first-order chi connectivity index (χ1) is 12.2. The minimum absolute atomic E-state index is 0.0404. The van der Waals surface area contributed by atoms with Gasteiger partial charge in [0.05, 0.1) is 29.7 Å². The lowest BCUT2D eigenvalue weighted by Gasteiger charge is -2.29. The zero-order valence-corrected chi connectivity index (χ0v) is 14.9. The monoisotopic (exact) mass is 391 g/mol. The molecule has 2 rings (SSSR count). The molecular weight excluding hydrogens is 371 g/mol. The van der Waals surface area contributed by atoms with Gasteiger partial charge in [0.25, 0.3) is 0 Å². The number of nitriles is 1. The lowest BCUT2D eigenvalue weighted by molar-refractivity contribution is -0.137. The molecular formula is C16H20F3N3O3S. The summed E-state index contributed by atoms with van der Waals surface area (Å²) >= 11 is 0. The molecule has 1 aliphatic heterocycles. The van der Waals surface area contributed by atoms with Gasteiger partial charge in [-0.05, 0) is 18.2 Å². The van der Waals surface area contributed by atoms with E-state index in [0.717, 1.165) is 22.5 Å². The highest BCUT2D eigenvalue weighted by atomic mass is 32.2. The van der Waals surface area contributed by atoms with Crippen LogP contribution in [0.5, 0.6) is 0 Å². The van der Waals surface area contributed by atoms with Crippen LogP contribution in [0.3, 0.4) is 0 Å². The first-order valence-electron chi connectivity index (χ1n) is 8.09. The molecule has 0 saturated carbocycles. The van der Waals surface area contributed by atoms with Crippen molar-refractivity contribution in [1.82, 2.24) is 9.21 Å². The smallest absolute Gasteiger partial charge is 0.379 e. The molecule has 0 amide bonds. The van der Waals surface area contributed by atoms with Gasteiger partial charge in [0.2, 0.25) is 10.0 Å². The van der Waals surface area contributed by atoms with Gasteiger partial charge >= 0.3 is 6.18 Å². The summed E-state index contributed by atoms with van der Waals surface area (Å²) < 4.78 is 70.5. The molecule has 1 saturated heterocycles. The zero-order valence-electron chi connectivity index (χ0n) is 14.1. The summed E-state index contributed by atoms with van der Waals surface area (Å²) in [6.07, 6.45) is -4.67. The molecule has 0 bridgehead atoms. The van der Waals surface area contributed by atoms with Crippen molar-refractivity contribution in [3.63, 3.8) is 0 Å². The average Bonchev–Trinajstić information content (AvgIpc) is 2.62. The normalized spacial score (nSPS) is 16.6. The van der Waals surface area contributed by atoms with E-state index in [-0.39, 0.29) is 19.5 Å². The fraction of sp³-hybridized carbons (Fsp3) is 0.562. The van der Waals surface area contributed by atoms with Gasteiger partial charge in [-0.2, -0.15) is 22.7 Å². The van der Waals surface area contributed by atoms with Gasteiger partial charge in [-0.25, -0.2) is 8.42 Å². The molecule has 1 aromatic rings. The van der Waals surface area contributed by atoms with Crippen LogP contribution in [0.25, 0.3) is 0 Å². The summed E-state index contributed by atoms with van der Waals surface area (Å²) in [4.78, 5) is 1.59. The number of nitrogens with zero attached hydrogens (tertiary/aromatic N) is 3. The Balaban J connectivity index is 2.20. The molecule has 0 aromatic heterocycles. The number of halogens is 3. The quantitative estimate of drug-likeness (QED) is 0.710. The number of sulfonamides is 1. The Bertz CT molecular complexity index is 741. The first-order valence-corrected chi connectivity index (χ1v) is 9.53. The highest BCUT2D eigenvalue weighted by Gasteiger charge is 2.33. The van der Waals surface area contributed by atoms with E-state index in [1.54, 1.807) is 0 Å². The van der Waals surface area contributed by atoms with Gasteiger partial charge in [-0.15, -0.1) is 0 Å². The lowest BCUT2D eigenvalue weighted by Crippen LogP contribution is -2.43. The summed E-state index contributed by atoms with van der Waals surface area (Å²) in [6.45, 7) is 2.88. The Morgan fingerprint density at radius 2 is 1.92 bits per heavy atom. The number of morpholine rings is 1. The van der Waals surface area contributed by atoms with Crippen LogP contribution in [-0.2, 0) is 20.9 Å². The Morgan fingerprint density at radius 3 is 2.54 bits per heavy atom. The van der Waals surface area contributed by atoms with Gasteiger partial charge in [0.15, 0.2) is 0 Å². The molecule has 1 fully saturated rings. The van der Waals surface area contributed by atoms with Crippen LogP contribution in [-0.4, -0.2) is 63.6 Å². The Kier molecular flexibility index (Phi) is 7.00. The average molecular weight is 391 g/mol. The van der Waals surface area contributed by atoms with Crippen LogP contribution in [0.1, 0.15) is 12.0 Å². The molecule has 1 aliphatic rings. The van der Waals surface area contributed by atoms with Crippen molar-refractivity contribution in [2.75, 3.05) is 45.9 Å². The Hall–Kier alpha value is -1.67. The zero-order chi connectivity index (χ0) is 19.2. The fourth-order valence-corrected chi connectivity index (χ4v) is 4.06. The van der Waals surface area contributed by atoms with Crippen LogP contribution in [0, 0.1) is 11.3 Å². The van der Waals surface area contributed by atoms with Crippen molar-refractivity contribution in [2.24, 2.45) is 0 Å². The van der Waals surface area contributed by atoms with Crippen molar-refractivity contribution >= 4 is 10.0 Å². The predicted octanol–water partition coefficient (Wildman–Crippen LogP) is 1.94. The minimum Gasteiger partial charge on any atom is -0.379 e. The van der Waals surface area contributed by atoms with Crippen molar-refractivity contribution in [3.05, 3.63) is 29.8 Å². The molecule has 10 heteroatoms. The number of rotatable bonds is 7. The molecule has 0 spiro atoms. The molecule has 0 unspecified atom stereocenters. The van der Waals surface area contributed by atoms with E-state index in [4.69, 9.17) is 10.00 Å². The predicted molar refractivity (Wildman–Crippen MR) is 87.7 cm³/mol. The summed E-state index contributed by atoms with van der Waals surface area (Å²) in [5, 5.41) is 8.77. The van der Waals surface area contributed by atoms with Gasteiger partial charge in [-0.1, -0.05) is 6.07 Å². The Morgan fingerprint density at radius 1 is 1.23 bits per heavy atom. The van der Waals surface area contributed by atoms with Crippen LogP contribution in [0.4, 0.5) is 13.2 Å². The summed E-state index contributed by atoms with van der Waals surface area (Å²) in [5.41, 5.74) is -1.02. The molecule has 1 aromatic carbocycles. The minimum atomic E-state index is -4.63. The van der Waals surface area contributed by atoms with E-state index in [1.807, 2.05) is 11.0 Å².